The van der Waals surface area contributed by atoms with Crippen molar-refractivity contribution in [2.24, 2.45) is 0 Å². The Morgan fingerprint density at radius 2 is 2.00 bits per heavy atom. The standard InChI is InChI=1S/C10H12Cl2FNO3S2/c1-6(5-18(2)15)14-19(16,17)8-4-3-7(11)10(13)9(8)12/h3-4,6,14H,5H2,1-2H3/t6-,18-/m0/s1. The van der Waals surface area contributed by atoms with E-state index in [2.05, 4.69) is 4.72 Å². The molecule has 0 saturated carbocycles. The molecule has 0 saturated heterocycles. The molecule has 1 aromatic rings. The summed E-state index contributed by atoms with van der Waals surface area (Å²) in [5.74, 6) is -0.842. The molecule has 0 spiro atoms. The van der Waals surface area contributed by atoms with Crippen molar-refractivity contribution in [3.05, 3.63) is 28.0 Å². The molecule has 0 aromatic heterocycles. The van der Waals surface area contributed by atoms with Crippen LogP contribution < -0.4 is 4.72 Å². The molecule has 0 aliphatic heterocycles. The Bertz CT molecular complexity index is 607. The molecular weight excluding hydrogens is 336 g/mol. The summed E-state index contributed by atoms with van der Waals surface area (Å²) in [4.78, 5) is -0.398. The Morgan fingerprint density at radius 1 is 1.42 bits per heavy atom. The lowest BCUT2D eigenvalue weighted by atomic mass is 10.3. The molecule has 0 bridgehead atoms. The molecule has 1 rings (SSSR count). The highest BCUT2D eigenvalue weighted by molar-refractivity contribution is 7.89. The average Bonchev–Trinajstić information content (AvgIpc) is 2.23. The van der Waals surface area contributed by atoms with Gasteiger partial charge in [0.2, 0.25) is 10.0 Å². The van der Waals surface area contributed by atoms with Crippen molar-refractivity contribution >= 4 is 44.0 Å². The molecule has 1 aromatic carbocycles. The summed E-state index contributed by atoms with van der Waals surface area (Å²) in [6, 6.07) is 1.66. The summed E-state index contributed by atoms with van der Waals surface area (Å²) in [5, 5.41) is -0.823. The minimum Gasteiger partial charge on any atom is -0.260 e. The highest BCUT2D eigenvalue weighted by Gasteiger charge is 2.23. The van der Waals surface area contributed by atoms with Gasteiger partial charge in [0.25, 0.3) is 0 Å². The molecular formula is C10H12Cl2FNO3S2. The molecule has 0 radical (unpaired) electrons. The number of sulfonamides is 1. The molecule has 0 aliphatic carbocycles. The Balaban J connectivity index is 3.08. The van der Waals surface area contributed by atoms with Gasteiger partial charge in [0.1, 0.15) is 4.90 Å². The molecule has 1 N–H and O–H groups in total. The molecule has 108 valence electrons. The van der Waals surface area contributed by atoms with Crippen LogP contribution in [0.5, 0.6) is 0 Å². The lowest BCUT2D eigenvalue weighted by molar-refractivity contribution is 0.567. The van der Waals surface area contributed by atoms with Crippen LogP contribution in [0.1, 0.15) is 6.92 Å². The summed E-state index contributed by atoms with van der Waals surface area (Å²) in [6.07, 6.45) is 1.46. The first-order chi connectivity index (χ1) is 8.65. The number of halogens is 3. The van der Waals surface area contributed by atoms with Crippen LogP contribution in [0.4, 0.5) is 4.39 Å². The van der Waals surface area contributed by atoms with E-state index in [-0.39, 0.29) is 10.8 Å². The lowest BCUT2D eigenvalue weighted by Gasteiger charge is -2.14. The van der Waals surface area contributed by atoms with E-state index >= 15 is 0 Å². The molecule has 0 fully saturated rings. The zero-order valence-corrected chi connectivity index (χ0v) is 13.3. The second kappa shape index (κ2) is 6.49. The first kappa shape index (κ1) is 16.8. The number of rotatable bonds is 5. The van der Waals surface area contributed by atoms with E-state index in [1.54, 1.807) is 6.92 Å². The Labute approximate surface area is 123 Å². The van der Waals surface area contributed by atoms with E-state index in [9.17, 15) is 17.0 Å². The normalized spacial score (nSPS) is 15.2. The van der Waals surface area contributed by atoms with E-state index < -0.39 is 42.6 Å². The van der Waals surface area contributed by atoms with Gasteiger partial charge in [0, 0.05) is 28.9 Å². The highest BCUT2D eigenvalue weighted by atomic mass is 35.5. The second-order valence-corrected chi connectivity index (χ2v) is 7.88. The predicted molar refractivity (Wildman–Crippen MR) is 75.1 cm³/mol. The van der Waals surface area contributed by atoms with E-state index in [4.69, 9.17) is 23.2 Å². The molecule has 0 amide bonds. The van der Waals surface area contributed by atoms with Crippen LogP contribution in [0.25, 0.3) is 0 Å². The lowest BCUT2D eigenvalue weighted by Crippen LogP contribution is -2.36. The summed E-state index contributed by atoms with van der Waals surface area (Å²) in [5.41, 5.74) is 0. The van der Waals surface area contributed by atoms with Crippen LogP contribution in [0, 0.1) is 5.82 Å². The van der Waals surface area contributed by atoms with Gasteiger partial charge in [-0.25, -0.2) is 17.5 Å². The van der Waals surface area contributed by atoms with Gasteiger partial charge in [-0.2, -0.15) is 0 Å². The Kier molecular flexibility index (Phi) is 5.76. The summed E-state index contributed by atoms with van der Waals surface area (Å²) >= 11 is 11.1. The van der Waals surface area contributed by atoms with Crippen LogP contribution >= 0.6 is 23.2 Å². The van der Waals surface area contributed by atoms with Crippen molar-refractivity contribution in [2.45, 2.75) is 17.9 Å². The molecule has 2 atom stereocenters. The number of hydrogen-bond acceptors (Lipinski definition) is 3. The van der Waals surface area contributed by atoms with E-state index in [1.165, 1.54) is 6.26 Å². The van der Waals surface area contributed by atoms with Gasteiger partial charge in [-0.15, -0.1) is 0 Å². The van der Waals surface area contributed by atoms with Gasteiger partial charge >= 0.3 is 0 Å². The first-order valence-corrected chi connectivity index (χ1v) is 9.07. The van der Waals surface area contributed by atoms with Gasteiger partial charge < -0.3 is 0 Å². The number of nitrogens with one attached hydrogen (secondary N) is 1. The molecule has 0 aliphatic rings. The summed E-state index contributed by atoms with van der Waals surface area (Å²) < 4.78 is 50.8. The van der Waals surface area contributed by atoms with Gasteiger partial charge in [0.15, 0.2) is 5.82 Å². The predicted octanol–water partition coefficient (Wildman–Crippen LogP) is 2.18. The third-order valence-electron chi connectivity index (χ3n) is 2.13. The van der Waals surface area contributed by atoms with Crippen LogP contribution in [0.3, 0.4) is 0 Å². The second-order valence-electron chi connectivity index (χ2n) is 3.94. The number of benzene rings is 1. The molecule has 9 heteroatoms. The first-order valence-electron chi connectivity index (χ1n) is 5.11. The maximum atomic E-state index is 13.5. The minimum absolute atomic E-state index is 0.146. The fraction of sp³-hybridized carbons (Fsp3) is 0.400. The largest absolute Gasteiger partial charge is 0.260 e. The van der Waals surface area contributed by atoms with E-state index in [0.717, 1.165) is 12.1 Å². The topological polar surface area (TPSA) is 63.2 Å². The fourth-order valence-corrected chi connectivity index (χ4v) is 4.31. The van der Waals surface area contributed by atoms with Crippen molar-refractivity contribution in [3.8, 4) is 0 Å². The van der Waals surface area contributed by atoms with Crippen molar-refractivity contribution in [3.63, 3.8) is 0 Å². The fourth-order valence-electron chi connectivity index (χ4n) is 1.43. The SMILES string of the molecule is C[C@@H](C[S@](C)=O)NS(=O)(=O)c1ccc(Cl)c(F)c1Cl. The summed E-state index contributed by atoms with van der Waals surface area (Å²) in [7, 11) is -5.15. The van der Waals surface area contributed by atoms with Crippen molar-refractivity contribution < 1.29 is 17.0 Å². The minimum atomic E-state index is -3.99. The third-order valence-corrected chi connectivity index (χ3v) is 5.51. The maximum absolute atomic E-state index is 13.5. The van der Waals surface area contributed by atoms with Crippen molar-refractivity contribution in [1.82, 2.24) is 4.72 Å². The van der Waals surface area contributed by atoms with Crippen LogP contribution in [-0.2, 0) is 20.8 Å². The van der Waals surface area contributed by atoms with Crippen LogP contribution in [0.2, 0.25) is 10.0 Å². The number of hydrogen-bond donors (Lipinski definition) is 1. The van der Waals surface area contributed by atoms with Crippen molar-refractivity contribution in [1.29, 1.82) is 0 Å². The molecule has 0 heterocycles. The quantitative estimate of drug-likeness (QED) is 0.830. The summed E-state index contributed by atoms with van der Waals surface area (Å²) in [6.45, 7) is 1.55. The van der Waals surface area contributed by atoms with E-state index in [1.807, 2.05) is 0 Å². The molecule has 19 heavy (non-hydrogen) atoms. The monoisotopic (exact) mass is 347 g/mol. The van der Waals surface area contributed by atoms with Crippen molar-refractivity contribution in [2.75, 3.05) is 12.0 Å². The van der Waals surface area contributed by atoms with Crippen LogP contribution in [-0.4, -0.2) is 30.7 Å². The van der Waals surface area contributed by atoms with Gasteiger partial charge in [-0.3, -0.25) is 4.21 Å². The zero-order chi connectivity index (χ0) is 14.8. The molecule has 0 unspecified atom stereocenters. The maximum Gasteiger partial charge on any atom is 0.242 e. The molecule has 4 nitrogen and oxygen atoms in total. The third kappa shape index (κ3) is 4.39. The van der Waals surface area contributed by atoms with E-state index in [0.29, 0.717) is 0 Å². The van der Waals surface area contributed by atoms with Crippen LogP contribution in [0.15, 0.2) is 17.0 Å². The Morgan fingerprint density at radius 3 is 2.53 bits per heavy atom. The average molecular weight is 348 g/mol. The smallest absolute Gasteiger partial charge is 0.242 e. The van der Waals surface area contributed by atoms with Gasteiger partial charge in [-0.05, 0) is 19.1 Å². The van der Waals surface area contributed by atoms with Gasteiger partial charge in [0.05, 0.1) is 10.0 Å². The Hall–Kier alpha value is -0.210. The highest BCUT2D eigenvalue weighted by Crippen LogP contribution is 2.29. The van der Waals surface area contributed by atoms with Gasteiger partial charge in [-0.1, -0.05) is 23.2 Å². The zero-order valence-electron chi connectivity index (χ0n) is 10.1.